The molecule has 1 aromatic rings. The zero-order chi connectivity index (χ0) is 26.2. The molecule has 0 spiro atoms. The van der Waals surface area contributed by atoms with Gasteiger partial charge in [0.1, 0.15) is 18.7 Å². The highest BCUT2D eigenvalue weighted by Crippen LogP contribution is 2.34. The average molecular weight is 493 g/mol. The van der Waals surface area contributed by atoms with Crippen LogP contribution in [-0.2, 0) is 25.7 Å². The van der Waals surface area contributed by atoms with Crippen LogP contribution in [-0.4, -0.2) is 71.7 Å². The third-order valence-corrected chi connectivity index (χ3v) is 6.43. The predicted octanol–water partition coefficient (Wildman–Crippen LogP) is 1.39. The second-order valence-electron chi connectivity index (χ2n) is 8.02. The molecule has 1 fully saturated rings. The zero-order valence-corrected chi connectivity index (χ0v) is 20.4. The van der Waals surface area contributed by atoms with Crippen LogP contribution in [0, 0.1) is 10.1 Å². The van der Waals surface area contributed by atoms with Gasteiger partial charge >= 0.3 is 12.1 Å². The van der Waals surface area contributed by atoms with Crippen molar-refractivity contribution in [2.45, 2.75) is 46.4 Å². The van der Waals surface area contributed by atoms with Crippen molar-refractivity contribution >= 4 is 23.7 Å². The first-order valence-electron chi connectivity index (χ1n) is 11.5. The second kappa shape index (κ2) is 12.2. The number of ether oxygens (including phenoxy) is 2. The summed E-state index contributed by atoms with van der Waals surface area (Å²) in [5.41, 5.74) is -0.0297. The molecule has 1 aliphatic rings. The molecule has 35 heavy (non-hydrogen) atoms. The summed E-state index contributed by atoms with van der Waals surface area (Å²) in [6.07, 6.45) is -1.24. The number of carbonyl (C=O) groups is 3. The molecule has 1 N–H and O–H groups in total. The van der Waals surface area contributed by atoms with E-state index in [-0.39, 0.29) is 37.6 Å². The topological polar surface area (TPSA) is 151 Å². The minimum atomic E-state index is -0.979. The van der Waals surface area contributed by atoms with E-state index in [9.17, 15) is 29.6 Å². The Morgan fingerprint density at radius 1 is 1.14 bits per heavy atom. The van der Waals surface area contributed by atoms with Crippen molar-refractivity contribution in [2.24, 2.45) is 0 Å². The van der Waals surface area contributed by atoms with E-state index in [1.54, 1.807) is 0 Å². The molecule has 2 amide bonds. The summed E-state index contributed by atoms with van der Waals surface area (Å²) in [5, 5.41) is 26.2. The number of quaternary nitrogens is 1. The van der Waals surface area contributed by atoms with Gasteiger partial charge in [0.05, 0.1) is 31.2 Å². The van der Waals surface area contributed by atoms with Gasteiger partial charge < -0.3 is 24.4 Å². The van der Waals surface area contributed by atoms with Gasteiger partial charge in [0.25, 0.3) is 5.69 Å². The second-order valence-corrected chi connectivity index (χ2v) is 8.02. The number of carbonyl (C=O) groups excluding carboxylic acids is 3. The minimum Gasteiger partial charge on any atom is -0.874 e. The molecule has 12 heteroatoms. The molecule has 0 radical (unpaired) electrons. The van der Waals surface area contributed by atoms with Gasteiger partial charge in [-0.15, -0.1) is 0 Å². The van der Waals surface area contributed by atoms with Gasteiger partial charge in [-0.2, -0.15) is 0 Å². The number of hydrogen-bond acceptors (Lipinski definition) is 8. The fourth-order valence-corrected chi connectivity index (χ4v) is 4.12. The summed E-state index contributed by atoms with van der Waals surface area (Å²) in [4.78, 5) is 48.6. The van der Waals surface area contributed by atoms with E-state index >= 15 is 0 Å². The van der Waals surface area contributed by atoms with Crippen molar-refractivity contribution in [3.63, 3.8) is 0 Å². The van der Waals surface area contributed by atoms with Crippen molar-refractivity contribution in [3.05, 3.63) is 51.4 Å². The molecule has 1 saturated heterocycles. The van der Waals surface area contributed by atoms with E-state index in [1.165, 1.54) is 36.2 Å². The lowest BCUT2D eigenvalue weighted by molar-refractivity contribution is -0.958. The maximum Gasteiger partial charge on any atom is 0.406 e. The summed E-state index contributed by atoms with van der Waals surface area (Å²) >= 11 is 0. The first-order chi connectivity index (χ1) is 16.6. The number of nitro benzene ring substituents is 1. The summed E-state index contributed by atoms with van der Waals surface area (Å²) in [7, 11) is 1.37. The maximum atomic E-state index is 13.1. The maximum absolute atomic E-state index is 13.1. The summed E-state index contributed by atoms with van der Waals surface area (Å²) in [5.74, 6) is -2.02. The first kappa shape index (κ1) is 27.6. The monoisotopic (exact) mass is 492 g/mol. The molecule has 1 atom stereocenters. The van der Waals surface area contributed by atoms with Crippen LogP contribution in [0.3, 0.4) is 0 Å². The Hall–Kier alpha value is -3.67. The number of nitrogens with zero attached hydrogens (tertiary/aromatic N) is 3. The van der Waals surface area contributed by atoms with Crippen LogP contribution >= 0.6 is 0 Å². The lowest BCUT2D eigenvalue weighted by Crippen LogP contribution is -2.70. The van der Waals surface area contributed by atoms with Crippen LogP contribution in [0.1, 0.15) is 39.2 Å². The van der Waals surface area contributed by atoms with E-state index in [4.69, 9.17) is 9.47 Å². The molecule has 1 heterocycles. The molecule has 1 aliphatic heterocycles. The van der Waals surface area contributed by atoms with Crippen LogP contribution in [0.5, 0.6) is 0 Å². The number of rotatable bonds is 12. The number of hydrogen-bond donors (Lipinski definition) is 1. The van der Waals surface area contributed by atoms with Crippen molar-refractivity contribution in [1.82, 2.24) is 10.2 Å². The van der Waals surface area contributed by atoms with E-state index in [2.05, 4.69) is 5.32 Å². The molecule has 1 unspecified atom stereocenters. The number of β-lactam (4-membered cyclic amide) rings is 1. The van der Waals surface area contributed by atoms with Gasteiger partial charge in [-0.1, -0.05) is 5.76 Å². The molecular weight excluding hydrogens is 460 g/mol. The molecule has 0 aliphatic carbocycles. The van der Waals surface area contributed by atoms with Gasteiger partial charge in [0.2, 0.25) is 5.91 Å². The Bertz CT molecular complexity index is 964. The van der Waals surface area contributed by atoms with Crippen molar-refractivity contribution < 1.29 is 38.4 Å². The molecule has 1 aromatic carbocycles. The predicted molar refractivity (Wildman–Crippen MR) is 122 cm³/mol. The number of alkyl carbamates (subject to hydrolysis) is 1. The third-order valence-electron chi connectivity index (χ3n) is 6.43. The highest BCUT2D eigenvalue weighted by molar-refractivity contribution is 5.97. The minimum absolute atomic E-state index is 0.111. The van der Waals surface area contributed by atoms with Crippen LogP contribution in [0.2, 0.25) is 0 Å². The van der Waals surface area contributed by atoms with Crippen molar-refractivity contribution in [1.29, 1.82) is 0 Å². The smallest absolute Gasteiger partial charge is 0.406 e. The third kappa shape index (κ3) is 6.27. The largest absolute Gasteiger partial charge is 0.874 e. The fourth-order valence-electron chi connectivity index (χ4n) is 4.12. The van der Waals surface area contributed by atoms with Crippen LogP contribution in [0.4, 0.5) is 10.5 Å². The number of benzene rings is 1. The summed E-state index contributed by atoms with van der Waals surface area (Å²) in [6, 6.07) is 5.43. The number of likely N-dealkylation sites (tertiary alicyclic amines) is 1. The summed E-state index contributed by atoms with van der Waals surface area (Å²) in [6.45, 7) is 7.52. The van der Waals surface area contributed by atoms with Gasteiger partial charge in [-0.25, -0.2) is 9.59 Å². The lowest BCUT2D eigenvalue weighted by atomic mass is 10.0. The Morgan fingerprint density at radius 3 is 2.23 bits per heavy atom. The van der Waals surface area contributed by atoms with Crippen molar-refractivity contribution in [2.75, 3.05) is 33.3 Å². The van der Waals surface area contributed by atoms with E-state index in [0.29, 0.717) is 29.7 Å². The first-order valence-corrected chi connectivity index (χ1v) is 11.5. The van der Waals surface area contributed by atoms with Crippen LogP contribution in [0.25, 0.3) is 0 Å². The van der Waals surface area contributed by atoms with E-state index in [1.807, 2.05) is 20.8 Å². The van der Waals surface area contributed by atoms with Crippen LogP contribution in [0.15, 0.2) is 35.7 Å². The summed E-state index contributed by atoms with van der Waals surface area (Å²) < 4.78 is 10.7. The SMILES string of the molecule is CC[N+](CC)(CC)C1CC(=O)N1C(C(=O)OCc1ccc([N+](=O)[O-])cc1)=C([O-])CCOC(=O)NC. The van der Waals surface area contributed by atoms with Gasteiger partial charge in [-0.05, 0) is 44.9 Å². The Morgan fingerprint density at radius 2 is 1.74 bits per heavy atom. The van der Waals surface area contributed by atoms with E-state index < -0.39 is 34.6 Å². The highest BCUT2D eigenvalue weighted by Gasteiger charge is 2.52. The molecule has 0 bridgehead atoms. The van der Waals surface area contributed by atoms with Gasteiger partial charge in [0, 0.05) is 19.2 Å². The molecular formula is C23H32N4O8. The van der Waals surface area contributed by atoms with Gasteiger partial charge in [0.15, 0.2) is 6.17 Å². The average Bonchev–Trinajstić information content (AvgIpc) is 2.86. The number of nitrogens with one attached hydrogen (secondary N) is 1. The Balaban J connectivity index is 2.31. The zero-order valence-electron chi connectivity index (χ0n) is 20.4. The Labute approximate surface area is 203 Å². The molecule has 0 aromatic heterocycles. The fraction of sp³-hybridized carbons (Fsp3) is 0.522. The lowest BCUT2D eigenvalue weighted by Gasteiger charge is -2.53. The normalized spacial score (nSPS) is 16.2. The van der Waals surface area contributed by atoms with Gasteiger partial charge in [-0.3, -0.25) is 19.8 Å². The molecule has 192 valence electrons. The standard InChI is InChI=1S/C23H32N4O8/c1-5-27(6-2,7-3)19-14-20(29)25(19)21(18(28)12-13-34-23(31)24-4)22(30)35-15-16-8-10-17(11-9-16)26(32)33/h8-11,19H,5-7,12-15H2,1-4H3,(H-,24,28,30,31). The van der Waals surface area contributed by atoms with E-state index in [0.717, 1.165) is 0 Å². The quantitative estimate of drug-likeness (QED) is 0.0874. The Kier molecular flexibility index (Phi) is 9.58. The number of esters is 1. The van der Waals surface area contributed by atoms with Crippen LogP contribution < -0.4 is 10.4 Å². The molecule has 12 nitrogen and oxygen atoms in total. The number of nitro groups is 1. The number of amides is 2. The highest BCUT2D eigenvalue weighted by atomic mass is 16.6. The number of non-ortho nitro benzene ring substituents is 1. The molecule has 0 saturated carbocycles. The molecule has 2 rings (SSSR count). The van der Waals surface area contributed by atoms with Crippen molar-refractivity contribution in [3.8, 4) is 0 Å².